The SMILES string of the molecule is O=C(/C=C/c1ccccc1Cl)NC[C@]1(O)CCOC1. The summed E-state index contributed by atoms with van der Waals surface area (Å²) in [4.78, 5) is 11.6. The van der Waals surface area contributed by atoms with Crippen LogP contribution in [-0.4, -0.2) is 36.4 Å². The molecule has 1 aromatic carbocycles. The van der Waals surface area contributed by atoms with E-state index in [1.165, 1.54) is 6.08 Å². The molecule has 19 heavy (non-hydrogen) atoms. The molecular weight excluding hydrogens is 266 g/mol. The molecule has 0 bridgehead atoms. The Morgan fingerprint density at radius 1 is 1.53 bits per heavy atom. The number of amides is 1. The number of carbonyl (C=O) groups excluding carboxylic acids is 1. The molecule has 1 fully saturated rings. The molecule has 0 radical (unpaired) electrons. The normalized spacial score (nSPS) is 22.8. The van der Waals surface area contributed by atoms with Crippen LogP contribution in [0, 0.1) is 0 Å². The van der Waals surface area contributed by atoms with Crippen LogP contribution in [0.4, 0.5) is 0 Å². The highest BCUT2D eigenvalue weighted by atomic mass is 35.5. The van der Waals surface area contributed by atoms with Crippen molar-refractivity contribution in [3.8, 4) is 0 Å². The summed E-state index contributed by atoms with van der Waals surface area (Å²) in [6.07, 6.45) is 3.59. The predicted molar refractivity (Wildman–Crippen MR) is 73.9 cm³/mol. The molecule has 1 amide bonds. The molecule has 102 valence electrons. The second kappa shape index (κ2) is 6.19. The lowest BCUT2D eigenvalue weighted by Gasteiger charge is -2.19. The number of rotatable bonds is 4. The molecular formula is C14H16ClNO3. The molecule has 1 aliphatic rings. The first kappa shape index (κ1) is 14.1. The van der Waals surface area contributed by atoms with Crippen LogP contribution in [0.1, 0.15) is 12.0 Å². The average molecular weight is 282 g/mol. The van der Waals surface area contributed by atoms with E-state index in [4.69, 9.17) is 16.3 Å². The first-order valence-corrected chi connectivity index (χ1v) is 6.47. The summed E-state index contributed by atoms with van der Waals surface area (Å²) in [5, 5.41) is 13.2. The van der Waals surface area contributed by atoms with E-state index in [1.54, 1.807) is 12.1 Å². The fourth-order valence-corrected chi connectivity index (χ4v) is 2.02. The fraction of sp³-hybridized carbons (Fsp3) is 0.357. The van der Waals surface area contributed by atoms with Gasteiger partial charge < -0.3 is 15.2 Å². The Bertz CT molecular complexity index is 481. The van der Waals surface area contributed by atoms with Crippen molar-refractivity contribution in [2.75, 3.05) is 19.8 Å². The highest BCUT2D eigenvalue weighted by molar-refractivity contribution is 6.32. The van der Waals surface area contributed by atoms with E-state index in [-0.39, 0.29) is 19.1 Å². The standard InChI is InChI=1S/C14H16ClNO3/c15-12-4-2-1-3-11(12)5-6-13(17)16-9-14(18)7-8-19-10-14/h1-6,18H,7-10H2,(H,16,17)/b6-5+/t14-/m1/s1. The summed E-state index contributed by atoms with van der Waals surface area (Å²) in [6.45, 7) is 0.988. The van der Waals surface area contributed by atoms with Crippen LogP contribution in [0.15, 0.2) is 30.3 Å². The van der Waals surface area contributed by atoms with Gasteiger partial charge in [-0.2, -0.15) is 0 Å². The molecule has 1 heterocycles. The third-order valence-electron chi connectivity index (χ3n) is 2.99. The van der Waals surface area contributed by atoms with Crippen molar-refractivity contribution in [2.45, 2.75) is 12.0 Å². The maximum absolute atomic E-state index is 11.6. The van der Waals surface area contributed by atoms with Crippen molar-refractivity contribution < 1.29 is 14.6 Å². The minimum Gasteiger partial charge on any atom is -0.386 e. The van der Waals surface area contributed by atoms with Gasteiger partial charge in [-0.1, -0.05) is 29.8 Å². The second-order valence-corrected chi connectivity index (χ2v) is 5.01. The fourth-order valence-electron chi connectivity index (χ4n) is 1.82. The average Bonchev–Trinajstić information content (AvgIpc) is 2.83. The molecule has 1 saturated heterocycles. The number of benzene rings is 1. The minimum atomic E-state index is -0.937. The van der Waals surface area contributed by atoms with Gasteiger partial charge in [-0.3, -0.25) is 4.79 Å². The number of aliphatic hydroxyl groups is 1. The summed E-state index contributed by atoms with van der Waals surface area (Å²) in [6, 6.07) is 7.26. The number of halogens is 1. The van der Waals surface area contributed by atoms with Crippen molar-refractivity contribution >= 4 is 23.6 Å². The van der Waals surface area contributed by atoms with Crippen molar-refractivity contribution in [3.05, 3.63) is 40.9 Å². The molecule has 1 aromatic rings. The van der Waals surface area contributed by atoms with Gasteiger partial charge >= 0.3 is 0 Å². The van der Waals surface area contributed by atoms with Gasteiger partial charge in [0.05, 0.1) is 6.61 Å². The van der Waals surface area contributed by atoms with Crippen molar-refractivity contribution in [3.63, 3.8) is 0 Å². The summed E-state index contributed by atoms with van der Waals surface area (Å²) < 4.78 is 5.10. The van der Waals surface area contributed by atoms with Crippen LogP contribution in [-0.2, 0) is 9.53 Å². The van der Waals surface area contributed by atoms with Gasteiger partial charge in [-0.05, 0) is 17.7 Å². The quantitative estimate of drug-likeness (QED) is 0.825. The zero-order valence-corrected chi connectivity index (χ0v) is 11.2. The summed E-state index contributed by atoms with van der Waals surface area (Å²) in [7, 11) is 0. The van der Waals surface area contributed by atoms with E-state index in [1.807, 2.05) is 18.2 Å². The molecule has 0 aromatic heterocycles. The lowest BCUT2D eigenvalue weighted by atomic mass is 10.0. The van der Waals surface area contributed by atoms with Crippen LogP contribution >= 0.6 is 11.6 Å². The van der Waals surface area contributed by atoms with E-state index in [0.29, 0.717) is 18.1 Å². The molecule has 5 heteroatoms. The number of hydrogen-bond acceptors (Lipinski definition) is 3. The van der Waals surface area contributed by atoms with Crippen LogP contribution in [0.2, 0.25) is 5.02 Å². The molecule has 0 unspecified atom stereocenters. The van der Waals surface area contributed by atoms with Crippen LogP contribution in [0.5, 0.6) is 0 Å². The van der Waals surface area contributed by atoms with E-state index in [2.05, 4.69) is 5.32 Å². The third-order valence-corrected chi connectivity index (χ3v) is 3.34. The Hall–Kier alpha value is -1.36. The van der Waals surface area contributed by atoms with Crippen LogP contribution < -0.4 is 5.32 Å². The Morgan fingerprint density at radius 2 is 2.32 bits per heavy atom. The van der Waals surface area contributed by atoms with E-state index in [9.17, 15) is 9.90 Å². The number of carbonyl (C=O) groups is 1. The van der Waals surface area contributed by atoms with Gasteiger partial charge in [0.2, 0.25) is 5.91 Å². The molecule has 1 aliphatic heterocycles. The highest BCUT2D eigenvalue weighted by Gasteiger charge is 2.32. The molecule has 0 saturated carbocycles. The molecule has 2 rings (SSSR count). The van der Waals surface area contributed by atoms with Gasteiger partial charge in [-0.15, -0.1) is 0 Å². The summed E-state index contributed by atoms with van der Waals surface area (Å²) in [5.41, 5.74) is -0.157. The number of hydrogen-bond donors (Lipinski definition) is 2. The summed E-state index contributed by atoms with van der Waals surface area (Å²) in [5.74, 6) is -0.264. The van der Waals surface area contributed by atoms with Crippen LogP contribution in [0.3, 0.4) is 0 Å². The number of ether oxygens (including phenoxy) is 1. The van der Waals surface area contributed by atoms with Crippen LogP contribution in [0.25, 0.3) is 6.08 Å². The maximum atomic E-state index is 11.6. The van der Waals surface area contributed by atoms with Gasteiger partial charge in [0, 0.05) is 30.7 Å². The Morgan fingerprint density at radius 3 is 3.00 bits per heavy atom. The summed E-state index contributed by atoms with van der Waals surface area (Å²) >= 11 is 5.97. The van der Waals surface area contributed by atoms with Gasteiger partial charge in [-0.25, -0.2) is 0 Å². The minimum absolute atomic E-state index is 0.193. The Labute approximate surface area is 117 Å². The second-order valence-electron chi connectivity index (χ2n) is 4.60. The smallest absolute Gasteiger partial charge is 0.244 e. The monoisotopic (exact) mass is 281 g/mol. The van der Waals surface area contributed by atoms with Crippen molar-refractivity contribution in [1.82, 2.24) is 5.32 Å². The van der Waals surface area contributed by atoms with E-state index in [0.717, 1.165) is 5.56 Å². The zero-order valence-electron chi connectivity index (χ0n) is 10.4. The zero-order chi connectivity index (χ0) is 13.7. The topological polar surface area (TPSA) is 58.6 Å². The predicted octanol–water partition coefficient (Wildman–Crippen LogP) is 1.62. The third kappa shape index (κ3) is 4.06. The Kier molecular flexibility index (Phi) is 4.58. The van der Waals surface area contributed by atoms with E-state index >= 15 is 0 Å². The lowest BCUT2D eigenvalue weighted by Crippen LogP contribution is -2.42. The molecule has 1 atom stereocenters. The first-order chi connectivity index (χ1) is 9.09. The van der Waals surface area contributed by atoms with Gasteiger partial charge in [0.15, 0.2) is 0 Å². The van der Waals surface area contributed by atoms with Gasteiger partial charge in [0.25, 0.3) is 0 Å². The van der Waals surface area contributed by atoms with Gasteiger partial charge in [0.1, 0.15) is 5.60 Å². The lowest BCUT2D eigenvalue weighted by molar-refractivity contribution is -0.117. The Balaban J connectivity index is 1.86. The van der Waals surface area contributed by atoms with Crippen molar-refractivity contribution in [2.24, 2.45) is 0 Å². The van der Waals surface area contributed by atoms with E-state index < -0.39 is 5.60 Å². The molecule has 4 nitrogen and oxygen atoms in total. The molecule has 2 N–H and O–H groups in total. The maximum Gasteiger partial charge on any atom is 0.244 e. The molecule has 0 spiro atoms. The largest absolute Gasteiger partial charge is 0.386 e. The van der Waals surface area contributed by atoms with Crippen molar-refractivity contribution in [1.29, 1.82) is 0 Å². The highest BCUT2D eigenvalue weighted by Crippen LogP contribution is 2.17. The molecule has 0 aliphatic carbocycles. The number of nitrogens with one attached hydrogen (secondary N) is 1. The first-order valence-electron chi connectivity index (χ1n) is 6.10.